The number of rotatable bonds is 1. The molecule has 0 saturated heterocycles. The van der Waals surface area contributed by atoms with Crippen molar-refractivity contribution in [2.24, 2.45) is 4.99 Å². The molecule has 6 nitrogen and oxygen atoms in total. The van der Waals surface area contributed by atoms with Gasteiger partial charge in [0.25, 0.3) is 0 Å². The van der Waals surface area contributed by atoms with Gasteiger partial charge in [-0.25, -0.2) is 10.4 Å². The van der Waals surface area contributed by atoms with Crippen molar-refractivity contribution in [3.63, 3.8) is 0 Å². The third kappa shape index (κ3) is 1.79. The molecule has 0 bridgehead atoms. The highest BCUT2D eigenvalue weighted by Crippen LogP contribution is 2.07. The fourth-order valence-electron chi connectivity index (χ4n) is 1.52. The summed E-state index contributed by atoms with van der Waals surface area (Å²) in [6.45, 7) is 1.67. The molecule has 3 rings (SSSR count). The fraction of sp³-hybridized carbons (Fsp3) is 0.222. The first-order chi connectivity index (χ1) is 7.43. The number of aromatic nitrogens is 3. The molecular weight excluding hydrogens is 228 g/mol. The van der Waals surface area contributed by atoms with Crippen molar-refractivity contribution in [3.8, 4) is 0 Å². The van der Waals surface area contributed by atoms with Gasteiger partial charge in [0.2, 0.25) is 5.96 Å². The second-order valence-electron chi connectivity index (χ2n) is 3.26. The van der Waals surface area contributed by atoms with Crippen molar-refractivity contribution < 1.29 is 0 Å². The summed E-state index contributed by atoms with van der Waals surface area (Å²) in [6, 6.07) is 7.77. The molecule has 2 N–H and O–H groups in total. The number of nitrogens with zero attached hydrogens (tertiary/aromatic N) is 4. The Morgan fingerprint density at radius 3 is 3.00 bits per heavy atom. The Morgan fingerprint density at radius 1 is 1.31 bits per heavy atom. The van der Waals surface area contributed by atoms with Gasteiger partial charge in [0, 0.05) is 6.54 Å². The van der Waals surface area contributed by atoms with Gasteiger partial charge in [-0.3, -0.25) is 0 Å². The summed E-state index contributed by atoms with van der Waals surface area (Å²) in [5.74, 6) is 0.741. The van der Waals surface area contributed by atoms with E-state index in [0.29, 0.717) is 0 Å². The highest BCUT2D eigenvalue weighted by atomic mass is 35.5. The summed E-state index contributed by atoms with van der Waals surface area (Å²) in [7, 11) is 0. The van der Waals surface area contributed by atoms with E-state index >= 15 is 0 Å². The van der Waals surface area contributed by atoms with Crippen molar-refractivity contribution in [1.29, 1.82) is 0 Å². The minimum atomic E-state index is 0. The quantitative estimate of drug-likeness (QED) is 0.753. The molecule has 2 heterocycles. The highest BCUT2D eigenvalue weighted by molar-refractivity contribution is 5.89. The standard InChI is InChI=1S/C9H10N6.ClH/c1-2-4-8-7(3-1)12-14-15(8)13-9-10-5-6-11-9;/h1-4H,5-6H2,(H2,10,11,13);1H. The molecule has 0 spiro atoms. The first-order valence-electron chi connectivity index (χ1n) is 4.79. The van der Waals surface area contributed by atoms with Crippen LogP contribution in [0.3, 0.4) is 0 Å². The molecule has 0 unspecified atom stereocenters. The zero-order chi connectivity index (χ0) is 10.1. The van der Waals surface area contributed by atoms with Crippen LogP contribution in [-0.2, 0) is 0 Å². The van der Waals surface area contributed by atoms with Crippen molar-refractivity contribution in [2.45, 2.75) is 0 Å². The van der Waals surface area contributed by atoms with Crippen LogP contribution >= 0.6 is 12.4 Å². The normalized spacial score (nSPS) is 14.1. The lowest BCUT2D eigenvalue weighted by molar-refractivity contribution is 0.767. The van der Waals surface area contributed by atoms with E-state index in [4.69, 9.17) is 0 Å². The lowest BCUT2D eigenvalue weighted by Gasteiger charge is -2.05. The van der Waals surface area contributed by atoms with Gasteiger partial charge in [0.05, 0.1) is 6.54 Å². The topological polar surface area (TPSA) is 67.1 Å². The number of aliphatic imine (C=N–C) groups is 1. The molecule has 84 valence electrons. The lowest BCUT2D eigenvalue weighted by atomic mass is 10.3. The number of fused-ring (bicyclic) bond motifs is 1. The van der Waals surface area contributed by atoms with Crippen LogP contribution in [0.4, 0.5) is 0 Å². The van der Waals surface area contributed by atoms with Crippen molar-refractivity contribution in [3.05, 3.63) is 24.3 Å². The highest BCUT2D eigenvalue weighted by Gasteiger charge is 2.07. The van der Waals surface area contributed by atoms with Gasteiger partial charge in [-0.05, 0) is 17.3 Å². The second kappa shape index (κ2) is 4.36. The number of nitrogens with one attached hydrogen (secondary N) is 2. The maximum Gasteiger partial charge on any atom is 0.212 e. The molecule has 16 heavy (non-hydrogen) atoms. The fourth-order valence-corrected chi connectivity index (χ4v) is 1.52. The number of para-hydroxylation sites is 1. The summed E-state index contributed by atoms with van der Waals surface area (Å²) < 4.78 is 0. The van der Waals surface area contributed by atoms with Gasteiger partial charge in [-0.2, -0.15) is 4.79 Å². The molecule has 1 aromatic heterocycles. The van der Waals surface area contributed by atoms with Gasteiger partial charge >= 0.3 is 0 Å². The van der Waals surface area contributed by atoms with E-state index in [9.17, 15) is 0 Å². The van der Waals surface area contributed by atoms with E-state index in [1.807, 2.05) is 24.3 Å². The largest absolute Gasteiger partial charge is 0.353 e. The minimum Gasteiger partial charge on any atom is -0.353 e. The minimum absolute atomic E-state index is 0. The van der Waals surface area contributed by atoms with Gasteiger partial charge in [0.1, 0.15) is 11.0 Å². The third-order valence-electron chi connectivity index (χ3n) is 2.24. The summed E-state index contributed by atoms with van der Waals surface area (Å²) in [6.07, 6.45) is 0. The van der Waals surface area contributed by atoms with E-state index in [0.717, 1.165) is 30.1 Å². The molecule has 7 heteroatoms. The SMILES string of the molecule is Cl.c1ccc2c(c1)nnn2NC1=NCCN1. The Labute approximate surface area is 98.1 Å². The number of hydrogen-bond donors (Lipinski definition) is 2. The summed E-state index contributed by atoms with van der Waals surface area (Å²) in [5.41, 5.74) is 4.85. The molecular formula is C9H11ClN6. The average molecular weight is 239 g/mol. The molecule has 0 amide bonds. The smallest absolute Gasteiger partial charge is 0.212 e. The van der Waals surface area contributed by atoms with Crippen LogP contribution in [0.5, 0.6) is 0 Å². The molecule has 1 aliphatic rings. The van der Waals surface area contributed by atoms with Crippen LogP contribution in [0.1, 0.15) is 0 Å². The van der Waals surface area contributed by atoms with Crippen molar-refractivity contribution in [2.75, 3.05) is 18.5 Å². The molecule has 2 aromatic rings. The van der Waals surface area contributed by atoms with E-state index in [1.165, 1.54) is 0 Å². The van der Waals surface area contributed by atoms with Crippen LogP contribution in [0.2, 0.25) is 0 Å². The Balaban J connectivity index is 0.000000963. The molecule has 0 fully saturated rings. The maximum absolute atomic E-state index is 4.22. The molecule has 0 aliphatic carbocycles. The number of guanidine groups is 1. The number of benzene rings is 1. The monoisotopic (exact) mass is 238 g/mol. The van der Waals surface area contributed by atoms with E-state index < -0.39 is 0 Å². The molecule has 1 aromatic carbocycles. The third-order valence-corrected chi connectivity index (χ3v) is 2.24. The Morgan fingerprint density at radius 2 is 2.19 bits per heavy atom. The van der Waals surface area contributed by atoms with Gasteiger partial charge in [-0.15, -0.1) is 17.5 Å². The Hall–Kier alpha value is -1.82. The van der Waals surface area contributed by atoms with Crippen LogP contribution in [0.15, 0.2) is 29.3 Å². The van der Waals surface area contributed by atoms with E-state index in [2.05, 4.69) is 26.0 Å². The predicted molar refractivity (Wildman–Crippen MR) is 64.4 cm³/mol. The van der Waals surface area contributed by atoms with Crippen molar-refractivity contribution >= 4 is 29.4 Å². The second-order valence-corrected chi connectivity index (χ2v) is 3.26. The molecule has 0 saturated carbocycles. The molecule has 0 atom stereocenters. The molecule has 0 radical (unpaired) electrons. The Bertz CT molecular complexity index is 519. The predicted octanol–water partition coefficient (Wildman–Crippen LogP) is 0.356. The number of hydrogen-bond acceptors (Lipinski definition) is 5. The van der Waals surface area contributed by atoms with Crippen LogP contribution in [0, 0.1) is 0 Å². The summed E-state index contributed by atoms with van der Waals surface area (Å²) in [5, 5.41) is 11.1. The molecule has 1 aliphatic heterocycles. The van der Waals surface area contributed by atoms with Crippen molar-refractivity contribution in [1.82, 2.24) is 20.4 Å². The maximum atomic E-state index is 4.22. The van der Waals surface area contributed by atoms with E-state index in [1.54, 1.807) is 4.79 Å². The zero-order valence-electron chi connectivity index (χ0n) is 8.42. The lowest BCUT2D eigenvalue weighted by Crippen LogP contribution is -2.33. The van der Waals surface area contributed by atoms with E-state index in [-0.39, 0.29) is 12.4 Å². The Kier molecular flexibility index (Phi) is 2.91. The summed E-state index contributed by atoms with van der Waals surface area (Å²) in [4.78, 5) is 5.84. The van der Waals surface area contributed by atoms with Gasteiger partial charge < -0.3 is 5.32 Å². The van der Waals surface area contributed by atoms with Crippen LogP contribution in [0.25, 0.3) is 11.0 Å². The summed E-state index contributed by atoms with van der Waals surface area (Å²) >= 11 is 0. The first-order valence-corrected chi connectivity index (χ1v) is 4.79. The van der Waals surface area contributed by atoms with Crippen LogP contribution in [-0.4, -0.2) is 34.2 Å². The zero-order valence-corrected chi connectivity index (χ0v) is 9.24. The van der Waals surface area contributed by atoms with Gasteiger partial charge in [0.15, 0.2) is 0 Å². The number of halogens is 1. The van der Waals surface area contributed by atoms with Gasteiger partial charge in [-0.1, -0.05) is 12.1 Å². The average Bonchev–Trinajstić information content (AvgIpc) is 2.89. The first kappa shape index (κ1) is 10.7. The van der Waals surface area contributed by atoms with Crippen LogP contribution < -0.4 is 10.7 Å².